The molecule has 0 aliphatic carbocycles. The predicted octanol–water partition coefficient (Wildman–Crippen LogP) is 12.2. The van der Waals surface area contributed by atoms with Crippen molar-refractivity contribution in [3.63, 3.8) is 0 Å². The largest absolute Gasteiger partial charge is 0.462 e. The van der Waals surface area contributed by atoms with E-state index in [9.17, 15) is 19.8 Å². The maximum Gasteiger partial charge on any atom is 0.306 e. The predicted molar refractivity (Wildman–Crippen MR) is 213 cm³/mol. The first kappa shape index (κ1) is 48.6. The van der Waals surface area contributed by atoms with Crippen molar-refractivity contribution in [3.05, 3.63) is 12.2 Å². The first-order valence-electron chi connectivity index (χ1n) is 21.9. The van der Waals surface area contributed by atoms with Gasteiger partial charge in [-0.05, 0) is 51.4 Å². The Morgan fingerprint density at radius 3 is 1.46 bits per heavy atom. The second kappa shape index (κ2) is 38.8. The van der Waals surface area contributed by atoms with E-state index in [0.717, 1.165) is 64.2 Å². The maximum absolute atomic E-state index is 13.1. The third kappa shape index (κ3) is 33.7. The summed E-state index contributed by atoms with van der Waals surface area (Å²) < 4.78 is 5.87. The number of aliphatic hydroxyl groups is 2. The average molecular weight is 708 g/mol. The molecule has 0 aromatic heterocycles. The molecule has 0 bridgehead atoms. The number of ether oxygens (including phenoxy) is 1. The minimum absolute atomic E-state index is 0.0722. The van der Waals surface area contributed by atoms with Crippen LogP contribution in [0.5, 0.6) is 0 Å². The highest BCUT2D eigenvalue weighted by Crippen LogP contribution is 2.17. The second-order valence-electron chi connectivity index (χ2n) is 15.1. The summed E-state index contributed by atoms with van der Waals surface area (Å²) in [5, 5.41) is 23.6. The van der Waals surface area contributed by atoms with Crippen molar-refractivity contribution in [1.82, 2.24) is 5.32 Å². The standard InChI is InChI=1S/C44H85NO5/c1-4-7-10-13-16-19-22-24-27-30-33-36-42(47)41(39-46)45-43(48)38-40(35-32-29-26-23-20-17-14-11-8-5-2)50-44(49)37-34-31-28-25-21-18-15-12-9-6-3/h17,20,40-42,46-47H,4-16,18-19,21-39H2,1-3H3,(H,45,48)/b20-17-. The Labute approximate surface area is 310 Å². The van der Waals surface area contributed by atoms with E-state index < -0.39 is 18.2 Å². The fourth-order valence-electron chi connectivity index (χ4n) is 6.72. The molecular weight excluding hydrogens is 622 g/mol. The number of unbranched alkanes of at least 4 members (excludes halogenated alkanes) is 25. The highest BCUT2D eigenvalue weighted by atomic mass is 16.5. The van der Waals surface area contributed by atoms with Crippen LogP contribution in [0.4, 0.5) is 0 Å². The number of nitrogens with one attached hydrogen (secondary N) is 1. The second-order valence-corrected chi connectivity index (χ2v) is 15.1. The lowest BCUT2D eigenvalue weighted by Gasteiger charge is -2.24. The van der Waals surface area contributed by atoms with Crippen molar-refractivity contribution in [2.24, 2.45) is 0 Å². The van der Waals surface area contributed by atoms with Gasteiger partial charge in [0.2, 0.25) is 5.91 Å². The van der Waals surface area contributed by atoms with Crippen LogP contribution in [0.1, 0.15) is 233 Å². The molecule has 50 heavy (non-hydrogen) atoms. The molecule has 0 aromatic carbocycles. The molecule has 0 spiro atoms. The Balaban J connectivity index is 4.57. The number of rotatable bonds is 39. The smallest absolute Gasteiger partial charge is 0.306 e. The number of aliphatic hydroxyl groups excluding tert-OH is 2. The molecule has 0 saturated carbocycles. The highest BCUT2D eigenvalue weighted by molar-refractivity contribution is 5.77. The minimum Gasteiger partial charge on any atom is -0.462 e. The van der Waals surface area contributed by atoms with Gasteiger partial charge in [0, 0.05) is 6.42 Å². The molecule has 296 valence electrons. The summed E-state index contributed by atoms with van der Waals surface area (Å²) >= 11 is 0. The van der Waals surface area contributed by atoms with Gasteiger partial charge in [0.25, 0.3) is 0 Å². The molecule has 0 heterocycles. The first-order valence-corrected chi connectivity index (χ1v) is 21.9. The Hall–Kier alpha value is -1.40. The molecule has 0 rings (SSSR count). The number of esters is 1. The maximum atomic E-state index is 13.1. The average Bonchev–Trinajstić information content (AvgIpc) is 3.10. The molecule has 0 aliphatic rings. The lowest BCUT2D eigenvalue weighted by Crippen LogP contribution is -2.46. The van der Waals surface area contributed by atoms with Crippen LogP contribution >= 0.6 is 0 Å². The SMILES string of the molecule is CCCCC/C=C\CCCCCC(CC(=O)NC(CO)C(O)CCCCCCCCCCCCC)OC(=O)CCCCCCCCCCCC. The fraction of sp³-hybridized carbons (Fsp3) is 0.909. The van der Waals surface area contributed by atoms with Gasteiger partial charge in [-0.25, -0.2) is 0 Å². The zero-order chi connectivity index (χ0) is 36.8. The van der Waals surface area contributed by atoms with Crippen LogP contribution in [0.25, 0.3) is 0 Å². The fourth-order valence-corrected chi connectivity index (χ4v) is 6.72. The first-order chi connectivity index (χ1) is 24.5. The number of carbonyl (C=O) groups is 2. The van der Waals surface area contributed by atoms with Crippen LogP contribution in [-0.2, 0) is 14.3 Å². The van der Waals surface area contributed by atoms with E-state index in [1.54, 1.807) is 0 Å². The summed E-state index contributed by atoms with van der Waals surface area (Å²) in [6.45, 7) is 6.42. The topological polar surface area (TPSA) is 95.9 Å². The monoisotopic (exact) mass is 708 g/mol. The van der Waals surface area contributed by atoms with Gasteiger partial charge in [-0.1, -0.05) is 181 Å². The molecule has 3 N–H and O–H groups in total. The minimum atomic E-state index is -0.783. The quantitative estimate of drug-likeness (QED) is 0.0336. The van der Waals surface area contributed by atoms with E-state index in [2.05, 4.69) is 38.2 Å². The zero-order valence-electron chi connectivity index (χ0n) is 33.5. The van der Waals surface area contributed by atoms with E-state index in [1.165, 1.54) is 122 Å². The van der Waals surface area contributed by atoms with E-state index in [-0.39, 0.29) is 24.9 Å². The Morgan fingerprint density at radius 1 is 0.560 bits per heavy atom. The Morgan fingerprint density at radius 2 is 0.960 bits per heavy atom. The van der Waals surface area contributed by atoms with Gasteiger partial charge in [-0.15, -0.1) is 0 Å². The molecule has 0 aliphatic heterocycles. The molecule has 0 fully saturated rings. The van der Waals surface area contributed by atoms with Gasteiger partial charge >= 0.3 is 5.97 Å². The molecule has 0 aromatic rings. The summed E-state index contributed by atoms with van der Waals surface area (Å²) in [6, 6.07) is -0.697. The lowest BCUT2D eigenvalue weighted by atomic mass is 10.0. The van der Waals surface area contributed by atoms with Gasteiger partial charge in [-0.3, -0.25) is 9.59 Å². The Kier molecular flexibility index (Phi) is 37.7. The molecular formula is C44H85NO5. The van der Waals surface area contributed by atoms with E-state index in [1.807, 2.05) is 0 Å². The molecule has 6 heteroatoms. The van der Waals surface area contributed by atoms with Crippen LogP contribution in [0, 0.1) is 0 Å². The zero-order valence-corrected chi connectivity index (χ0v) is 33.5. The van der Waals surface area contributed by atoms with E-state index in [0.29, 0.717) is 19.3 Å². The van der Waals surface area contributed by atoms with Crippen LogP contribution in [0.2, 0.25) is 0 Å². The van der Waals surface area contributed by atoms with Gasteiger partial charge in [0.05, 0.1) is 25.2 Å². The number of amides is 1. The van der Waals surface area contributed by atoms with Crippen molar-refractivity contribution < 1.29 is 24.5 Å². The third-order valence-electron chi connectivity index (χ3n) is 10.1. The summed E-state index contributed by atoms with van der Waals surface area (Å²) in [5.74, 6) is -0.485. The van der Waals surface area contributed by atoms with Crippen molar-refractivity contribution in [2.45, 2.75) is 251 Å². The molecule has 0 radical (unpaired) electrons. The Bertz CT molecular complexity index is 757. The summed E-state index contributed by atoms with van der Waals surface area (Å²) in [4.78, 5) is 25.8. The van der Waals surface area contributed by atoms with E-state index in [4.69, 9.17) is 4.74 Å². The van der Waals surface area contributed by atoms with Crippen LogP contribution < -0.4 is 5.32 Å². The van der Waals surface area contributed by atoms with Crippen LogP contribution in [0.3, 0.4) is 0 Å². The summed E-state index contributed by atoms with van der Waals surface area (Å²) in [5.41, 5.74) is 0. The molecule has 1 amide bonds. The number of allylic oxidation sites excluding steroid dienone is 2. The van der Waals surface area contributed by atoms with Crippen LogP contribution in [0.15, 0.2) is 12.2 Å². The van der Waals surface area contributed by atoms with Gasteiger partial charge < -0.3 is 20.3 Å². The van der Waals surface area contributed by atoms with Crippen molar-refractivity contribution >= 4 is 11.9 Å². The lowest BCUT2D eigenvalue weighted by molar-refractivity contribution is -0.151. The van der Waals surface area contributed by atoms with E-state index >= 15 is 0 Å². The molecule has 3 atom stereocenters. The van der Waals surface area contributed by atoms with Gasteiger partial charge in [0.1, 0.15) is 6.10 Å². The van der Waals surface area contributed by atoms with Crippen molar-refractivity contribution in [3.8, 4) is 0 Å². The summed E-state index contributed by atoms with van der Waals surface area (Å²) in [7, 11) is 0. The molecule has 3 unspecified atom stereocenters. The van der Waals surface area contributed by atoms with Crippen molar-refractivity contribution in [1.29, 1.82) is 0 Å². The number of hydrogen-bond acceptors (Lipinski definition) is 5. The van der Waals surface area contributed by atoms with Gasteiger partial charge in [-0.2, -0.15) is 0 Å². The number of carbonyl (C=O) groups excluding carboxylic acids is 2. The molecule has 6 nitrogen and oxygen atoms in total. The van der Waals surface area contributed by atoms with Crippen molar-refractivity contribution in [2.75, 3.05) is 6.61 Å². The normalized spacial score (nSPS) is 13.5. The van der Waals surface area contributed by atoms with Crippen LogP contribution in [-0.4, -0.2) is 46.9 Å². The number of hydrogen-bond donors (Lipinski definition) is 3. The summed E-state index contributed by atoms with van der Waals surface area (Å²) in [6.07, 6.45) is 39.8. The highest BCUT2D eigenvalue weighted by Gasteiger charge is 2.24. The molecule has 0 saturated heterocycles. The third-order valence-corrected chi connectivity index (χ3v) is 10.1. The van der Waals surface area contributed by atoms with Gasteiger partial charge in [0.15, 0.2) is 0 Å².